The average Bonchev–Trinajstić information content (AvgIpc) is 1.94. The second kappa shape index (κ2) is 7.38. The Morgan fingerprint density at radius 1 is 1.23 bits per heavy atom. The standard InChI is InChI=1S/C7H11Cl4O2/c8-3-1-2-4-13-6(12)5-7(9,10)11/h6H,1-5H2. The average molecular weight is 269 g/mol. The Morgan fingerprint density at radius 2 is 1.85 bits per heavy atom. The summed E-state index contributed by atoms with van der Waals surface area (Å²) in [5.41, 5.74) is 0. The maximum atomic E-state index is 11.0. The number of ether oxygens (including phenoxy) is 1. The highest BCUT2D eigenvalue weighted by atomic mass is 35.6. The van der Waals surface area contributed by atoms with Crippen LogP contribution in [-0.4, -0.2) is 22.6 Å². The Balaban J connectivity index is 3.35. The summed E-state index contributed by atoms with van der Waals surface area (Å²) in [6.45, 7) is 0.363. The molecule has 0 aliphatic carbocycles. The van der Waals surface area contributed by atoms with Crippen LogP contribution < -0.4 is 0 Å². The summed E-state index contributed by atoms with van der Waals surface area (Å²) in [5.74, 6) is 0.567. The second-order valence-corrected chi connectivity index (χ2v) is 5.41. The molecule has 0 aromatic rings. The largest absolute Gasteiger partial charge is 0.350 e. The molecule has 0 bridgehead atoms. The molecule has 0 spiro atoms. The predicted molar refractivity (Wildman–Crippen MR) is 55.3 cm³/mol. The molecular formula is C7H11Cl4O2. The fraction of sp³-hybridized carbons (Fsp3) is 1.00. The molecule has 0 aromatic heterocycles. The summed E-state index contributed by atoms with van der Waals surface area (Å²) < 4.78 is 3.32. The van der Waals surface area contributed by atoms with Gasteiger partial charge in [0.05, 0.1) is 0 Å². The Hall–Kier alpha value is 1.08. The van der Waals surface area contributed by atoms with E-state index in [4.69, 9.17) is 51.1 Å². The summed E-state index contributed by atoms with van der Waals surface area (Å²) >= 11 is 21.6. The molecule has 0 heterocycles. The minimum absolute atomic E-state index is 0.140. The lowest BCUT2D eigenvalue weighted by molar-refractivity contribution is -0.142. The van der Waals surface area contributed by atoms with Crippen molar-refractivity contribution < 1.29 is 9.84 Å². The van der Waals surface area contributed by atoms with Gasteiger partial charge in [-0.05, 0) is 12.8 Å². The van der Waals surface area contributed by atoms with Crippen molar-refractivity contribution in [2.45, 2.75) is 29.3 Å². The molecule has 0 amide bonds. The van der Waals surface area contributed by atoms with E-state index in [1.807, 2.05) is 0 Å². The van der Waals surface area contributed by atoms with E-state index in [-0.39, 0.29) is 6.42 Å². The van der Waals surface area contributed by atoms with Crippen molar-refractivity contribution in [1.29, 1.82) is 0 Å². The van der Waals surface area contributed by atoms with E-state index < -0.39 is 10.1 Å². The molecule has 0 rings (SSSR count). The zero-order valence-corrected chi connectivity index (χ0v) is 9.96. The third kappa shape index (κ3) is 11.0. The van der Waals surface area contributed by atoms with Gasteiger partial charge in [0.15, 0.2) is 10.1 Å². The zero-order chi connectivity index (χ0) is 10.3. The van der Waals surface area contributed by atoms with Crippen LogP contribution in [0, 0.1) is 0 Å². The Bertz CT molecular complexity index is 126. The molecule has 0 saturated heterocycles. The van der Waals surface area contributed by atoms with Crippen LogP contribution in [0.5, 0.6) is 0 Å². The predicted octanol–water partition coefficient (Wildman–Crippen LogP) is 3.54. The van der Waals surface area contributed by atoms with Gasteiger partial charge in [-0.3, -0.25) is 0 Å². The smallest absolute Gasteiger partial charge is 0.195 e. The minimum Gasteiger partial charge on any atom is -0.350 e. The van der Waals surface area contributed by atoms with Crippen LogP contribution in [0.1, 0.15) is 19.3 Å². The van der Waals surface area contributed by atoms with Gasteiger partial charge in [0.2, 0.25) is 0 Å². The van der Waals surface area contributed by atoms with Crippen LogP contribution in [0.2, 0.25) is 0 Å². The van der Waals surface area contributed by atoms with E-state index in [9.17, 15) is 5.11 Å². The molecule has 0 fully saturated rings. The van der Waals surface area contributed by atoms with E-state index in [1.165, 1.54) is 0 Å². The van der Waals surface area contributed by atoms with Crippen molar-refractivity contribution in [3.8, 4) is 0 Å². The maximum absolute atomic E-state index is 11.0. The molecule has 2 nitrogen and oxygen atoms in total. The molecule has 0 N–H and O–H groups in total. The third-order valence-electron chi connectivity index (χ3n) is 1.23. The lowest BCUT2D eigenvalue weighted by Gasteiger charge is -2.14. The molecule has 13 heavy (non-hydrogen) atoms. The monoisotopic (exact) mass is 267 g/mol. The second-order valence-electron chi connectivity index (χ2n) is 2.52. The Morgan fingerprint density at radius 3 is 2.31 bits per heavy atom. The fourth-order valence-corrected chi connectivity index (χ4v) is 1.23. The van der Waals surface area contributed by atoms with Crippen molar-refractivity contribution in [3.05, 3.63) is 0 Å². The number of hydrogen-bond donors (Lipinski definition) is 0. The van der Waals surface area contributed by atoms with Crippen molar-refractivity contribution in [2.24, 2.45) is 0 Å². The van der Waals surface area contributed by atoms with E-state index in [2.05, 4.69) is 0 Å². The van der Waals surface area contributed by atoms with Crippen LogP contribution in [0.25, 0.3) is 0 Å². The number of halogens is 4. The molecule has 6 heteroatoms. The summed E-state index contributed by atoms with van der Waals surface area (Å²) in [5, 5.41) is 11.0. The van der Waals surface area contributed by atoms with Crippen LogP contribution in [-0.2, 0) is 9.84 Å². The summed E-state index contributed by atoms with van der Waals surface area (Å²) in [4.78, 5) is 0. The van der Waals surface area contributed by atoms with Crippen LogP contribution in [0.4, 0.5) is 0 Å². The molecule has 0 aliphatic heterocycles. The first-order valence-corrected chi connectivity index (χ1v) is 5.52. The minimum atomic E-state index is -1.53. The van der Waals surface area contributed by atoms with Gasteiger partial charge in [-0.15, -0.1) is 11.6 Å². The highest BCUT2D eigenvalue weighted by Crippen LogP contribution is 2.31. The van der Waals surface area contributed by atoms with Crippen LogP contribution in [0.15, 0.2) is 0 Å². The summed E-state index contributed by atoms with van der Waals surface area (Å²) in [6.07, 6.45) is 0.158. The van der Waals surface area contributed by atoms with E-state index in [0.29, 0.717) is 12.5 Å². The van der Waals surface area contributed by atoms with Gasteiger partial charge in [-0.25, -0.2) is 5.11 Å². The molecule has 79 valence electrons. The molecule has 0 aliphatic rings. The third-order valence-corrected chi connectivity index (χ3v) is 1.96. The normalized spacial score (nSPS) is 14.5. The molecule has 1 unspecified atom stereocenters. The summed E-state index contributed by atoms with van der Waals surface area (Å²) in [6, 6.07) is 0. The highest BCUT2D eigenvalue weighted by Gasteiger charge is 2.25. The Labute approximate surface area is 98.0 Å². The molecular weight excluding hydrogens is 258 g/mol. The molecule has 0 aromatic carbocycles. The van der Waals surface area contributed by atoms with E-state index >= 15 is 0 Å². The lowest BCUT2D eigenvalue weighted by atomic mass is 10.3. The number of hydrogen-bond acceptors (Lipinski definition) is 1. The number of alkyl halides is 4. The fourth-order valence-electron chi connectivity index (χ4n) is 0.659. The van der Waals surface area contributed by atoms with Crippen molar-refractivity contribution in [2.75, 3.05) is 12.5 Å². The van der Waals surface area contributed by atoms with Gasteiger partial charge in [-0.2, -0.15) is 0 Å². The SMILES string of the molecule is [O]C(CC(Cl)(Cl)Cl)OCCCCCl. The van der Waals surface area contributed by atoms with Gasteiger partial charge < -0.3 is 4.74 Å². The van der Waals surface area contributed by atoms with E-state index in [1.54, 1.807) is 0 Å². The van der Waals surface area contributed by atoms with E-state index in [0.717, 1.165) is 12.8 Å². The maximum Gasteiger partial charge on any atom is 0.195 e. The number of unbranched alkanes of at least 4 members (excludes halogenated alkanes) is 1. The number of rotatable bonds is 6. The zero-order valence-electron chi connectivity index (χ0n) is 6.94. The quantitative estimate of drug-likeness (QED) is 0.412. The summed E-state index contributed by atoms with van der Waals surface area (Å²) in [7, 11) is 0. The van der Waals surface area contributed by atoms with Crippen LogP contribution >= 0.6 is 46.4 Å². The van der Waals surface area contributed by atoms with Gasteiger partial charge in [0.1, 0.15) is 0 Å². The van der Waals surface area contributed by atoms with Gasteiger partial charge >= 0.3 is 0 Å². The van der Waals surface area contributed by atoms with Crippen molar-refractivity contribution >= 4 is 46.4 Å². The Kier molecular flexibility index (Phi) is 8.00. The molecule has 1 atom stereocenters. The highest BCUT2D eigenvalue weighted by molar-refractivity contribution is 6.67. The topological polar surface area (TPSA) is 29.1 Å². The van der Waals surface area contributed by atoms with Crippen molar-refractivity contribution in [3.63, 3.8) is 0 Å². The first-order valence-electron chi connectivity index (χ1n) is 3.86. The van der Waals surface area contributed by atoms with Gasteiger partial charge in [0, 0.05) is 18.9 Å². The van der Waals surface area contributed by atoms with Gasteiger partial charge in [-0.1, -0.05) is 34.8 Å². The van der Waals surface area contributed by atoms with Crippen LogP contribution in [0.3, 0.4) is 0 Å². The van der Waals surface area contributed by atoms with Crippen molar-refractivity contribution in [1.82, 2.24) is 0 Å². The lowest BCUT2D eigenvalue weighted by Crippen LogP contribution is -2.19. The first-order chi connectivity index (χ1) is 5.95. The first kappa shape index (κ1) is 14.1. The van der Waals surface area contributed by atoms with Gasteiger partial charge in [0.25, 0.3) is 0 Å². The molecule has 0 saturated carbocycles. The molecule has 1 radical (unpaired) electrons.